The van der Waals surface area contributed by atoms with E-state index < -0.39 is 0 Å². The van der Waals surface area contributed by atoms with Crippen LogP contribution in [0.15, 0.2) is 36.7 Å². The molecule has 156 valence electrons. The summed E-state index contributed by atoms with van der Waals surface area (Å²) in [6.45, 7) is 5.62. The molecule has 7 nitrogen and oxygen atoms in total. The van der Waals surface area contributed by atoms with Crippen molar-refractivity contribution in [1.82, 2.24) is 24.4 Å². The Balaban J connectivity index is 1.39. The Hall–Kier alpha value is -2.71. The third-order valence-electron chi connectivity index (χ3n) is 6.65. The molecule has 1 aromatic carbocycles. The molecule has 0 spiro atoms. The third kappa shape index (κ3) is 3.11. The molecule has 8 heteroatoms. The SMILES string of the molecule is Fc1ccc2cc1-c1cnn3ccc(nc13)NCCN1CC3CCCN3C[C@H]1CO2. The molecule has 0 saturated carbocycles. The van der Waals surface area contributed by atoms with E-state index >= 15 is 0 Å². The van der Waals surface area contributed by atoms with Gasteiger partial charge in [0.25, 0.3) is 0 Å². The molecule has 2 fully saturated rings. The lowest BCUT2D eigenvalue weighted by atomic mass is 10.1. The maximum Gasteiger partial charge on any atom is 0.165 e. The molecule has 0 amide bonds. The number of fused-ring (bicyclic) bond motifs is 6. The highest BCUT2D eigenvalue weighted by atomic mass is 19.1. The second-order valence-electron chi connectivity index (χ2n) is 8.46. The highest BCUT2D eigenvalue weighted by Crippen LogP contribution is 2.31. The van der Waals surface area contributed by atoms with Crippen molar-refractivity contribution >= 4 is 11.5 Å². The number of nitrogens with one attached hydrogen (secondary N) is 1. The summed E-state index contributed by atoms with van der Waals surface area (Å²) >= 11 is 0. The number of rotatable bonds is 0. The highest BCUT2D eigenvalue weighted by molar-refractivity contribution is 5.78. The van der Waals surface area contributed by atoms with Crippen LogP contribution in [0.5, 0.6) is 5.75 Å². The molecule has 1 unspecified atom stereocenters. The second kappa shape index (κ2) is 7.21. The van der Waals surface area contributed by atoms with Crippen molar-refractivity contribution < 1.29 is 9.13 Å². The third-order valence-corrected chi connectivity index (χ3v) is 6.65. The van der Waals surface area contributed by atoms with E-state index in [1.54, 1.807) is 22.8 Å². The molecule has 0 aliphatic carbocycles. The number of piperazine rings is 1. The number of ether oxygens (including phenoxy) is 1. The molecule has 2 saturated heterocycles. The Morgan fingerprint density at radius 2 is 1.97 bits per heavy atom. The molecule has 3 aliphatic rings. The van der Waals surface area contributed by atoms with E-state index in [4.69, 9.17) is 9.72 Å². The zero-order valence-corrected chi connectivity index (χ0v) is 16.8. The smallest absolute Gasteiger partial charge is 0.165 e. The van der Waals surface area contributed by atoms with Gasteiger partial charge in [-0.2, -0.15) is 5.10 Å². The first-order chi connectivity index (χ1) is 14.7. The molecule has 3 aromatic rings. The second-order valence-corrected chi connectivity index (χ2v) is 8.46. The van der Waals surface area contributed by atoms with Gasteiger partial charge in [0.05, 0.1) is 12.2 Å². The summed E-state index contributed by atoms with van der Waals surface area (Å²) in [5, 5.41) is 7.79. The van der Waals surface area contributed by atoms with Gasteiger partial charge in [-0.3, -0.25) is 9.80 Å². The van der Waals surface area contributed by atoms with E-state index in [0.29, 0.717) is 41.2 Å². The Kier molecular flexibility index (Phi) is 4.35. The van der Waals surface area contributed by atoms with Crippen LogP contribution in [0.4, 0.5) is 10.2 Å². The van der Waals surface area contributed by atoms with Crippen LogP contribution < -0.4 is 10.1 Å². The van der Waals surface area contributed by atoms with E-state index in [0.717, 1.165) is 32.0 Å². The molecule has 3 aliphatic heterocycles. The Bertz CT molecular complexity index is 1080. The summed E-state index contributed by atoms with van der Waals surface area (Å²) in [7, 11) is 0. The zero-order valence-electron chi connectivity index (χ0n) is 16.8. The number of anilines is 1. The zero-order chi connectivity index (χ0) is 20.1. The minimum Gasteiger partial charge on any atom is -0.492 e. The average Bonchev–Trinajstić information content (AvgIpc) is 3.38. The Labute approximate surface area is 174 Å². The topological polar surface area (TPSA) is 57.9 Å². The summed E-state index contributed by atoms with van der Waals surface area (Å²) in [6.07, 6.45) is 6.08. The summed E-state index contributed by atoms with van der Waals surface area (Å²) in [4.78, 5) is 9.85. The standard InChI is InChI=1S/C22H25FN6O/c23-20-4-3-17-10-18(20)19-11-25-29-8-5-21(26-22(19)29)24-6-9-28-12-15-2-1-7-27(15)13-16(28)14-30-17/h3-5,8,10-11,15-16H,1-2,6-7,9,12-14H2,(H,24,26)/t15?,16-/m0/s1. The number of aromatic nitrogens is 3. The van der Waals surface area contributed by atoms with Crippen LogP contribution in [0.25, 0.3) is 16.8 Å². The van der Waals surface area contributed by atoms with Crippen molar-refractivity contribution in [3.8, 4) is 16.9 Å². The molecular weight excluding hydrogens is 383 g/mol. The van der Waals surface area contributed by atoms with Crippen LogP contribution in [0.1, 0.15) is 12.8 Å². The highest BCUT2D eigenvalue weighted by Gasteiger charge is 2.36. The van der Waals surface area contributed by atoms with Crippen LogP contribution in [-0.4, -0.2) is 75.8 Å². The molecular formula is C22H25FN6O. The minimum absolute atomic E-state index is 0.302. The lowest BCUT2D eigenvalue weighted by molar-refractivity contribution is 0.0301. The van der Waals surface area contributed by atoms with Crippen molar-refractivity contribution in [3.05, 3.63) is 42.5 Å². The number of halogens is 1. The van der Waals surface area contributed by atoms with Crippen LogP contribution in [0.3, 0.4) is 0 Å². The summed E-state index contributed by atoms with van der Waals surface area (Å²) < 4.78 is 22.6. The molecule has 1 N–H and O–H groups in total. The Morgan fingerprint density at radius 1 is 1.07 bits per heavy atom. The number of nitrogens with zero attached hydrogens (tertiary/aromatic N) is 5. The minimum atomic E-state index is -0.302. The quantitative estimate of drug-likeness (QED) is 0.617. The van der Waals surface area contributed by atoms with Crippen LogP contribution in [0, 0.1) is 5.82 Å². The van der Waals surface area contributed by atoms with Gasteiger partial charge < -0.3 is 10.1 Å². The average molecular weight is 408 g/mol. The van der Waals surface area contributed by atoms with Gasteiger partial charge in [-0.05, 0) is 43.7 Å². The Morgan fingerprint density at radius 3 is 2.93 bits per heavy atom. The molecule has 6 rings (SSSR count). The predicted molar refractivity (Wildman–Crippen MR) is 112 cm³/mol. The van der Waals surface area contributed by atoms with Gasteiger partial charge in [0.2, 0.25) is 0 Å². The van der Waals surface area contributed by atoms with E-state index in [2.05, 4.69) is 20.2 Å². The van der Waals surface area contributed by atoms with E-state index in [1.165, 1.54) is 25.5 Å². The van der Waals surface area contributed by atoms with E-state index in [9.17, 15) is 4.39 Å². The van der Waals surface area contributed by atoms with Gasteiger partial charge in [-0.25, -0.2) is 13.9 Å². The summed E-state index contributed by atoms with van der Waals surface area (Å²) in [6, 6.07) is 7.84. The van der Waals surface area contributed by atoms with Crippen LogP contribution in [-0.2, 0) is 0 Å². The van der Waals surface area contributed by atoms with Crippen molar-refractivity contribution in [3.63, 3.8) is 0 Å². The molecule has 5 heterocycles. The fraction of sp³-hybridized carbons (Fsp3) is 0.455. The summed E-state index contributed by atoms with van der Waals surface area (Å²) in [5.74, 6) is 1.16. The normalized spacial score (nSPS) is 24.7. The number of benzene rings is 1. The molecule has 4 bridgehead atoms. The summed E-state index contributed by atoms with van der Waals surface area (Å²) in [5.41, 5.74) is 1.76. The van der Waals surface area contributed by atoms with Gasteiger partial charge in [0.1, 0.15) is 24.0 Å². The van der Waals surface area contributed by atoms with Crippen molar-refractivity contribution in [2.45, 2.75) is 24.9 Å². The lowest BCUT2D eigenvalue weighted by Crippen LogP contribution is -2.58. The van der Waals surface area contributed by atoms with Gasteiger partial charge in [0.15, 0.2) is 5.65 Å². The van der Waals surface area contributed by atoms with Crippen LogP contribution >= 0.6 is 0 Å². The van der Waals surface area contributed by atoms with E-state index in [-0.39, 0.29) is 5.82 Å². The fourth-order valence-corrected chi connectivity index (χ4v) is 5.06. The monoisotopic (exact) mass is 408 g/mol. The first-order valence-corrected chi connectivity index (χ1v) is 10.7. The number of hydrogen-bond donors (Lipinski definition) is 1. The first kappa shape index (κ1) is 18.1. The predicted octanol–water partition coefficient (Wildman–Crippen LogP) is 2.49. The van der Waals surface area contributed by atoms with Crippen LogP contribution in [0.2, 0.25) is 0 Å². The van der Waals surface area contributed by atoms with Crippen molar-refractivity contribution in [2.75, 3.05) is 44.6 Å². The maximum absolute atomic E-state index is 14.7. The van der Waals surface area contributed by atoms with Crippen molar-refractivity contribution in [2.24, 2.45) is 0 Å². The van der Waals surface area contributed by atoms with Gasteiger partial charge in [0, 0.05) is 49.5 Å². The molecule has 30 heavy (non-hydrogen) atoms. The van der Waals surface area contributed by atoms with E-state index in [1.807, 2.05) is 12.3 Å². The molecule has 2 aromatic heterocycles. The number of hydrogen-bond acceptors (Lipinski definition) is 6. The fourth-order valence-electron chi connectivity index (χ4n) is 5.06. The van der Waals surface area contributed by atoms with Gasteiger partial charge in [-0.15, -0.1) is 0 Å². The van der Waals surface area contributed by atoms with Crippen molar-refractivity contribution in [1.29, 1.82) is 0 Å². The molecule has 2 atom stereocenters. The molecule has 0 radical (unpaired) electrons. The maximum atomic E-state index is 14.7. The largest absolute Gasteiger partial charge is 0.492 e. The first-order valence-electron chi connectivity index (χ1n) is 10.7. The lowest BCUT2D eigenvalue weighted by Gasteiger charge is -2.43. The van der Waals surface area contributed by atoms with Gasteiger partial charge in [-0.1, -0.05) is 0 Å². The van der Waals surface area contributed by atoms with Gasteiger partial charge >= 0.3 is 0 Å².